The van der Waals surface area contributed by atoms with Gasteiger partial charge in [0, 0.05) is 23.0 Å². The number of nitrogens with one attached hydrogen (secondary N) is 1. The molecule has 30 heavy (non-hydrogen) atoms. The molecule has 0 unspecified atom stereocenters. The maximum absolute atomic E-state index is 13.2. The van der Waals surface area contributed by atoms with E-state index in [0.29, 0.717) is 23.3 Å². The molecular formula is C22H22ClN3O2S2. The lowest BCUT2D eigenvalue weighted by Gasteiger charge is -2.12. The summed E-state index contributed by atoms with van der Waals surface area (Å²) in [4.78, 5) is 32.4. The Bertz CT molecular complexity index is 1170. The lowest BCUT2D eigenvalue weighted by Crippen LogP contribution is -2.26. The van der Waals surface area contributed by atoms with Crippen molar-refractivity contribution in [2.75, 3.05) is 5.75 Å². The summed E-state index contributed by atoms with van der Waals surface area (Å²) in [5, 5.41) is 4.81. The average Bonchev–Trinajstić information content (AvgIpc) is 3.12. The number of carbonyl (C=O) groups is 1. The maximum Gasteiger partial charge on any atom is 0.263 e. The number of aryl methyl sites for hydroxylation is 2. The second-order valence-electron chi connectivity index (χ2n) is 7.15. The molecule has 2 heterocycles. The van der Waals surface area contributed by atoms with Crippen LogP contribution in [0, 0.1) is 0 Å². The van der Waals surface area contributed by atoms with Crippen molar-refractivity contribution in [2.24, 2.45) is 0 Å². The van der Waals surface area contributed by atoms with Crippen molar-refractivity contribution in [1.82, 2.24) is 14.9 Å². The van der Waals surface area contributed by atoms with Crippen molar-refractivity contribution in [3.05, 3.63) is 68.3 Å². The van der Waals surface area contributed by atoms with Crippen LogP contribution in [0.2, 0.25) is 5.02 Å². The van der Waals surface area contributed by atoms with Gasteiger partial charge >= 0.3 is 0 Å². The summed E-state index contributed by atoms with van der Waals surface area (Å²) >= 11 is 9.03. The molecule has 1 N–H and O–H groups in total. The molecule has 0 aliphatic heterocycles. The quantitative estimate of drug-likeness (QED) is 0.319. The SMILES string of the molecule is C=CCn1c(SCC(=O)NCc2ccccc2Cl)nc2sc3c(c2c1=O)CCCC3. The number of aromatic nitrogens is 2. The van der Waals surface area contributed by atoms with Crippen LogP contribution in [0.15, 0.2) is 46.9 Å². The van der Waals surface area contributed by atoms with E-state index < -0.39 is 0 Å². The first-order valence-electron chi connectivity index (χ1n) is 9.87. The van der Waals surface area contributed by atoms with E-state index >= 15 is 0 Å². The van der Waals surface area contributed by atoms with E-state index in [1.165, 1.54) is 22.2 Å². The van der Waals surface area contributed by atoms with Gasteiger partial charge in [-0.3, -0.25) is 14.2 Å². The maximum atomic E-state index is 13.2. The number of amides is 1. The highest BCUT2D eigenvalue weighted by atomic mass is 35.5. The third-order valence-electron chi connectivity index (χ3n) is 5.12. The molecule has 156 valence electrons. The molecular weight excluding hydrogens is 438 g/mol. The lowest BCUT2D eigenvalue weighted by atomic mass is 9.97. The summed E-state index contributed by atoms with van der Waals surface area (Å²) in [5.41, 5.74) is 2.01. The van der Waals surface area contributed by atoms with Crippen LogP contribution in [0.25, 0.3) is 10.2 Å². The summed E-state index contributed by atoms with van der Waals surface area (Å²) in [6, 6.07) is 7.42. The Morgan fingerprint density at radius 3 is 2.93 bits per heavy atom. The molecule has 0 saturated carbocycles. The van der Waals surface area contributed by atoms with E-state index in [-0.39, 0.29) is 17.2 Å². The van der Waals surface area contributed by atoms with Gasteiger partial charge in [0.1, 0.15) is 4.83 Å². The van der Waals surface area contributed by atoms with Crippen LogP contribution in [0.4, 0.5) is 0 Å². The Hall–Kier alpha value is -2.09. The number of thioether (sulfide) groups is 1. The Balaban J connectivity index is 1.53. The number of benzene rings is 1. The van der Waals surface area contributed by atoms with Crippen molar-refractivity contribution < 1.29 is 4.79 Å². The first-order valence-corrected chi connectivity index (χ1v) is 12.1. The van der Waals surface area contributed by atoms with E-state index in [9.17, 15) is 9.59 Å². The van der Waals surface area contributed by atoms with Crippen molar-refractivity contribution in [2.45, 2.75) is 43.9 Å². The molecule has 1 aliphatic rings. The predicted molar refractivity (Wildman–Crippen MR) is 125 cm³/mol. The van der Waals surface area contributed by atoms with Gasteiger partial charge in [-0.2, -0.15) is 0 Å². The second-order valence-corrected chi connectivity index (χ2v) is 9.58. The molecule has 1 aromatic carbocycles. The topological polar surface area (TPSA) is 64.0 Å². The van der Waals surface area contributed by atoms with Gasteiger partial charge in [-0.15, -0.1) is 17.9 Å². The lowest BCUT2D eigenvalue weighted by molar-refractivity contribution is -0.118. The Morgan fingerprint density at radius 1 is 1.33 bits per heavy atom. The van der Waals surface area contributed by atoms with E-state index in [0.717, 1.165) is 41.5 Å². The van der Waals surface area contributed by atoms with Gasteiger partial charge in [0.2, 0.25) is 5.91 Å². The number of fused-ring (bicyclic) bond motifs is 3. The zero-order chi connectivity index (χ0) is 21.1. The molecule has 8 heteroatoms. The van der Waals surface area contributed by atoms with E-state index in [2.05, 4.69) is 11.9 Å². The summed E-state index contributed by atoms with van der Waals surface area (Å²) in [6.07, 6.45) is 5.92. The molecule has 1 aliphatic carbocycles. The number of nitrogens with zero attached hydrogens (tertiary/aromatic N) is 2. The van der Waals surface area contributed by atoms with E-state index in [1.807, 2.05) is 18.2 Å². The van der Waals surface area contributed by atoms with Crippen molar-refractivity contribution in [3.8, 4) is 0 Å². The first-order chi connectivity index (χ1) is 14.6. The summed E-state index contributed by atoms with van der Waals surface area (Å²) in [7, 11) is 0. The smallest absolute Gasteiger partial charge is 0.263 e. The fourth-order valence-corrected chi connectivity index (χ4v) is 5.98. The van der Waals surface area contributed by atoms with Crippen LogP contribution in [0.1, 0.15) is 28.8 Å². The third kappa shape index (κ3) is 4.33. The molecule has 1 amide bonds. The first kappa shape index (κ1) is 21.2. The van der Waals surface area contributed by atoms with Crippen LogP contribution in [0.5, 0.6) is 0 Å². The highest BCUT2D eigenvalue weighted by Crippen LogP contribution is 2.34. The summed E-state index contributed by atoms with van der Waals surface area (Å²) < 4.78 is 1.63. The fraction of sp³-hybridized carbons (Fsp3) is 0.318. The van der Waals surface area contributed by atoms with Crippen LogP contribution in [-0.2, 0) is 30.7 Å². The molecule has 0 radical (unpaired) electrons. The zero-order valence-corrected chi connectivity index (χ0v) is 18.8. The largest absolute Gasteiger partial charge is 0.351 e. The molecule has 4 rings (SSSR count). The molecule has 0 atom stereocenters. The third-order valence-corrected chi connectivity index (χ3v) is 7.65. The van der Waals surface area contributed by atoms with Gasteiger partial charge in [0.25, 0.3) is 5.56 Å². The van der Waals surface area contributed by atoms with Gasteiger partial charge < -0.3 is 5.32 Å². The number of halogens is 1. The minimum atomic E-state index is -0.134. The minimum absolute atomic E-state index is 0.0294. The molecule has 0 saturated heterocycles. The van der Waals surface area contributed by atoms with Gasteiger partial charge in [-0.25, -0.2) is 4.98 Å². The van der Waals surface area contributed by atoms with Crippen LogP contribution in [0.3, 0.4) is 0 Å². The molecule has 2 aromatic heterocycles. The summed E-state index contributed by atoms with van der Waals surface area (Å²) in [6.45, 7) is 4.51. The number of thiophene rings is 1. The normalized spacial score (nSPS) is 13.2. The Morgan fingerprint density at radius 2 is 2.13 bits per heavy atom. The Labute approximate surface area is 188 Å². The van der Waals surface area contributed by atoms with Crippen molar-refractivity contribution >= 4 is 50.8 Å². The highest BCUT2D eigenvalue weighted by Gasteiger charge is 2.22. The Kier molecular flexibility index (Phi) is 6.61. The predicted octanol–water partition coefficient (Wildman–Crippen LogP) is 4.58. The second kappa shape index (κ2) is 9.37. The van der Waals surface area contributed by atoms with Crippen molar-refractivity contribution in [3.63, 3.8) is 0 Å². The van der Waals surface area contributed by atoms with Gasteiger partial charge in [-0.05, 0) is 42.9 Å². The van der Waals surface area contributed by atoms with Crippen LogP contribution in [-0.4, -0.2) is 21.2 Å². The fourth-order valence-electron chi connectivity index (χ4n) is 3.64. The van der Waals surface area contributed by atoms with E-state index in [4.69, 9.17) is 16.6 Å². The molecule has 0 spiro atoms. The van der Waals surface area contributed by atoms with Crippen molar-refractivity contribution in [1.29, 1.82) is 0 Å². The van der Waals surface area contributed by atoms with Gasteiger partial charge in [0.05, 0.1) is 11.1 Å². The molecule has 3 aromatic rings. The number of hydrogen-bond donors (Lipinski definition) is 1. The van der Waals surface area contributed by atoms with Crippen LogP contribution < -0.4 is 10.9 Å². The number of allylic oxidation sites excluding steroid dienone is 1. The number of hydrogen-bond acceptors (Lipinski definition) is 5. The average molecular weight is 460 g/mol. The highest BCUT2D eigenvalue weighted by molar-refractivity contribution is 7.99. The van der Waals surface area contributed by atoms with Gasteiger partial charge in [-0.1, -0.05) is 47.6 Å². The zero-order valence-electron chi connectivity index (χ0n) is 16.4. The van der Waals surface area contributed by atoms with E-state index in [1.54, 1.807) is 28.0 Å². The number of carbonyl (C=O) groups excluding carboxylic acids is 1. The molecule has 5 nitrogen and oxygen atoms in total. The van der Waals surface area contributed by atoms with Crippen LogP contribution >= 0.6 is 34.7 Å². The monoisotopic (exact) mass is 459 g/mol. The van der Waals surface area contributed by atoms with Gasteiger partial charge in [0.15, 0.2) is 5.16 Å². The molecule has 0 fully saturated rings. The standard InChI is InChI=1S/C22H22ClN3O2S2/c1-2-11-26-21(28)19-15-8-4-6-10-17(15)30-20(19)25-22(26)29-13-18(27)24-12-14-7-3-5-9-16(14)23/h2-3,5,7,9H,1,4,6,8,10-13H2,(H,24,27). The minimum Gasteiger partial charge on any atom is -0.351 e. The summed E-state index contributed by atoms with van der Waals surface area (Å²) in [5.74, 6) is 0.0369. The molecule has 0 bridgehead atoms. The number of rotatable bonds is 7.